The van der Waals surface area contributed by atoms with Crippen molar-refractivity contribution in [3.63, 3.8) is 0 Å². The van der Waals surface area contributed by atoms with Crippen LogP contribution in [0.15, 0.2) is 18.2 Å². The summed E-state index contributed by atoms with van der Waals surface area (Å²) >= 11 is 0. The van der Waals surface area contributed by atoms with Crippen LogP contribution in [-0.2, 0) is 9.59 Å². The van der Waals surface area contributed by atoms with E-state index in [0.29, 0.717) is 17.2 Å². The Kier molecular flexibility index (Phi) is 3.36. The number of ether oxygens (including phenoxy) is 2. The zero-order chi connectivity index (χ0) is 13.1. The molecule has 1 N–H and O–H groups in total. The van der Waals surface area contributed by atoms with Gasteiger partial charge in [-0.1, -0.05) is 0 Å². The largest absolute Gasteiger partial charge is 0.497 e. The quantitative estimate of drug-likeness (QED) is 0.774. The predicted octanol–water partition coefficient (Wildman–Crippen LogP) is 0.167. The minimum Gasteiger partial charge on any atom is -0.497 e. The summed E-state index contributed by atoms with van der Waals surface area (Å²) in [6.45, 7) is 0.241. The molecule has 1 fully saturated rings. The maximum absolute atomic E-state index is 11.4. The van der Waals surface area contributed by atoms with Crippen molar-refractivity contribution >= 4 is 17.5 Å². The summed E-state index contributed by atoms with van der Waals surface area (Å²) in [5.41, 5.74) is 0.667. The highest BCUT2D eigenvalue weighted by Gasteiger charge is 2.25. The van der Waals surface area contributed by atoms with E-state index in [9.17, 15) is 9.59 Å². The Morgan fingerprint density at radius 3 is 2.33 bits per heavy atom. The summed E-state index contributed by atoms with van der Waals surface area (Å²) < 4.78 is 10.4. The number of rotatable bonds is 3. The second-order valence-corrected chi connectivity index (χ2v) is 3.87. The standard InChI is InChI=1S/C12H14N2O4/c1-17-8-3-4-10(18-2)9(5-8)14-6-11(15)13-12(16)7-14/h3-5H,6-7H2,1-2H3,(H,13,15,16). The lowest BCUT2D eigenvalue weighted by molar-refractivity contribution is -0.130. The van der Waals surface area contributed by atoms with Crippen molar-refractivity contribution in [1.82, 2.24) is 5.32 Å². The van der Waals surface area contributed by atoms with Crippen LogP contribution in [-0.4, -0.2) is 39.1 Å². The van der Waals surface area contributed by atoms with Gasteiger partial charge in [-0.05, 0) is 12.1 Å². The molecule has 1 saturated heterocycles. The second-order valence-electron chi connectivity index (χ2n) is 3.87. The van der Waals surface area contributed by atoms with Crippen molar-refractivity contribution in [2.24, 2.45) is 0 Å². The third-order valence-electron chi connectivity index (χ3n) is 2.67. The number of piperazine rings is 1. The second kappa shape index (κ2) is 4.95. The number of hydrogen-bond acceptors (Lipinski definition) is 5. The number of benzene rings is 1. The number of anilines is 1. The van der Waals surface area contributed by atoms with Gasteiger partial charge in [0, 0.05) is 6.07 Å². The van der Waals surface area contributed by atoms with Crippen LogP contribution >= 0.6 is 0 Å². The van der Waals surface area contributed by atoms with Crippen molar-refractivity contribution in [1.29, 1.82) is 0 Å². The number of hydrogen-bond donors (Lipinski definition) is 1. The van der Waals surface area contributed by atoms with E-state index in [4.69, 9.17) is 9.47 Å². The molecule has 0 aromatic heterocycles. The van der Waals surface area contributed by atoms with Gasteiger partial charge in [-0.15, -0.1) is 0 Å². The van der Waals surface area contributed by atoms with Crippen molar-refractivity contribution < 1.29 is 19.1 Å². The molecule has 6 heteroatoms. The highest BCUT2D eigenvalue weighted by atomic mass is 16.5. The van der Waals surface area contributed by atoms with Crippen LogP contribution in [0.4, 0.5) is 5.69 Å². The molecular weight excluding hydrogens is 236 g/mol. The first-order valence-corrected chi connectivity index (χ1v) is 5.43. The summed E-state index contributed by atoms with van der Waals surface area (Å²) in [7, 11) is 3.09. The molecule has 0 unspecified atom stereocenters. The van der Waals surface area contributed by atoms with E-state index in [0.717, 1.165) is 0 Å². The lowest BCUT2D eigenvalue weighted by Gasteiger charge is -2.28. The fraction of sp³-hybridized carbons (Fsp3) is 0.333. The number of amides is 2. The van der Waals surface area contributed by atoms with E-state index in [1.54, 1.807) is 30.2 Å². The highest BCUT2D eigenvalue weighted by molar-refractivity contribution is 6.03. The number of imide groups is 1. The molecule has 1 aliphatic rings. The van der Waals surface area contributed by atoms with E-state index >= 15 is 0 Å². The SMILES string of the molecule is COc1ccc(OC)c(N2CC(=O)NC(=O)C2)c1. The van der Waals surface area contributed by atoms with Gasteiger partial charge < -0.3 is 14.4 Å². The first kappa shape index (κ1) is 12.2. The fourth-order valence-electron chi connectivity index (χ4n) is 1.85. The molecule has 6 nitrogen and oxygen atoms in total. The minimum atomic E-state index is -0.323. The van der Waals surface area contributed by atoms with Crippen LogP contribution in [0.5, 0.6) is 11.5 Å². The van der Waals surface area contributed by atoms with E-state index < -0.39 is 0 Å². The topological polar surface area (TPSA) is 67.9 Å². The first-order valence-electron chi connectivity index (χ1n) is 5.43. The van der Waals surface area contributed by atoms with Crippen molar-refractivity contribution in [3.05, 3.63) is 18.2 Å². The molecule has 1 aromatic rings. The van der Waals surface area contributed by atoms with Gasteiger partial charge in [0.25, 0.3) is 0 Å². The molecule has 18 heavy (non-hydrogen) atoms. The van der Waals surface area contributed by atoms with Crippen LogP contribution in [0.1, 0.15) is 0 Å². The number of nitrogens with zero attached hydrogens (tertiary/aromatic N) is 1. The van der Waals surface area contributed by atoms with Crippen LogP contribution in [0.2, 0.25) is 0 Å². The Morgan fingerprint density at radius 2 is 1.78 bits per heavy atom. The lowest BCUT2D eigenvalue weighted by atomic mass is 10.2. The Bertz CT molecular complexity index is 471. The van der Waals surface area contributed by atoms with Gasteiger partial charge in [-0.3, -0.25) is 14.9 Å². The van der Waals surface area contributed by atoms with Crippen molar-refractivity contribution in [2.75, 3.05) is 32.2 Å². The summed E-state index contributed by atoms with van der Waals surface area (Å²) in [5, 5.41) is 2.25. The van der Waals surface area contributed by atoms with Crippen molar-refractivity contribution in [2.45, 2.75) is 0 Å². The fourth-order valence-corrected chi connectivity index (χ4v) is 1.85. The summed E-state index contributed by atoms with van der Waals surface area (Å²) in [5.74, 6) is 0.592. The molecule has 0 atom stereocenters. The molecule has 96 valence electrons. The summed E-state index contributed by atoms with van der Waals surface area (Å²) in [6, 6.07) is 5.24. The molecular formula is C12H14N2O4. The minimum absolute atomic E-state index is 0.120. The van der Waals surface area contributed by atoms with Crippen molar-refractivity contribution in [3.8, 4) is 11.5 Å². The van der Waals surface area contributed by atoms with Crippen LogP contribution in [0.3, 0.4) is 0 Å². The van der Waals surface area contributed by atoms with E-state index in [1.807, 2.05) is 0 Å². The molecule has 0 bridgehead atoms. The van der Waals surface area contributed by atoms with Gasteiger partial charge in [-0.2, -0.15) is 0 Å². The van der Waals surface area contributed by atoms with Gasteiger partial charge in [0.2, 0.25) is 11.8 Å². The molecule has 0 aliphatic carbocycles. The zero-order valence-electron chi connectivity index (χ0n) is 10.2. The molecule has 0 spiro atoms. The van der Waals surface area contributed by atoms with Crippen LogP contribution < -0.4 is 19.7 Å². The highest BCUT2D eigenvalue weighted by Crippen LogP contribution is 2.32. The number of carbonyl (C=O) groups is 2. The number of nitrogens with one attached hydrogen (secondary N) is 1. The first-order chi connectivity index (χ1) is 8.63. The maximum atomic E-state index is 11.4. The molecule has 0 saturated carbocycles. The predicted molar refractivity (Wildman–Crippen MR) is 64.9 cm³/mol. The Hall–Kier alpha value is -2.24. The Morgan fingerprint density at radius 1 is 1.11 bits per heavy atom. The summed E-state index contributed by atoms with van der Waals surface area (Å²) in [4.78, 5) is 24.4. The van der Waals surface area contributed by atoms with E-state index in [-0.39, 0.29) is 24.9 Å². The van der Waals surface area contributed by atoms with Crippen LogP contribution in [0.25, 0.3) is 0 Å². The molecule has 1 aromatic carbocycles. The number of carbonyl (C=O) groups excluding carboxylic acids is 2. The molecule has 1 heterocycles. The van der Waals surface area contributed by atoms with E-state index in [2.05, 4.69) is 5.32 Å². The molecule has 2 amide bonds. The molecule has 1 aliphatic heterocycles. The van der Waals surface area contributed by atoms with Gasteiger partial charge in [-0.25, -0.2) is 0 Å². The third-order valence-corrected chi connectivity index (χ3v) is 2.67. The van der Waals surface area contributed by atoms with E-state index in [1.165, 1.54) is 7.11 Å². The van der Waals surface area contributed by atoms with Gasteiger partial charge in [0.05, 0.1) is 33.0 Å². The van der Waals surface area contributed by atoms with Gasteiger partial charge >= 0.3 is 0 Å². The zero-order valence-corrected chi connectivity index (χ0v) is 10.2. The Balaban J connectivity index is 2.35. The van der Waals surface area contributed by atoms with Crippen LogP contribution in [0, 0.1) is 0 Å². The lowest BCUT2D eigenvalue weighted by Crippen LogP contribution is -2.51. The smallest absolute Gasteiger partial charge is 0.246 e. The number of methoxy groups -OCH3 is 2. The normalized spacial score (nSPS) is 15.3. The van der Waals surface area contributed by atoms with Gasteiger partial charge in [0.1, 0.15) is 11.5 Å². The molecule has 0 radical (unpaired) electrons. The Labute approximate surface area is 104 Å². The monoisotopic (exact) mass is 250 g/mol. The maximum Gasteiger partial charge on any atom is 0.246 e. The summed E-state index contributed by atoms with van der Waals surface area (Å²) in [6.07, 6.45) is 0. The molecule has 2 rings (SSSR count). The third kappa shape index (κ3) is 2.37. The van der Waals surface area contributed by atoms with Gasteiger partial charge in [0.15, 0.2) is 0 Å². The average Bonchev–Trinajstić information content (AvgIpc) is 2.36. The average molecular weight is 250 g/mol.